The quantitative estimate of drug-likeness (QED) is 0.589. The van der Waals surface area contributed by atoms with Crippen LogP contribution in [0.2, 0.25) is 0 Å². The van der Waals surface area contributed by atoms with Gasteiger partial charge in [0.25, 0.3) is 0 Å². The van der Waals surface area contributed by atoms with E-state index in [4.69, 9.17) is 0 Å². The fourth-order valence-corrected chi connectivity index (χ4v) is 4.06. The van der Waals surface area contributed by atoms with E-state index in [1.807, 2.05) is 66.9 Å². The van der Waals surface area contributed by atoms with Crippen molar-refractivity contribution in [3.05, 3.63) is 106 Å². The molecule has 5 heteroatoms. The smallest absolute Gasteiger partial charge is 0.193 e. The van der Waals surface area contributed by atoms with Crippen LogP contribution in [0, 0.1) is 6.42 Å². The molecule has 2 aromatic carbocycles. The summed E-state index contributed by atoms with van der Waals surface area (Å²) in [5.41, 5.74) is 4.59. The lowest BCUT2D eigenvalue weighted by Crippen LogP contribution is -2.19. The van der Waals surface area contributed by atoms with Crippen LogP contribution in [-0.4, -0.2) is 30.5 Å². The SMILES string of the molecule is CN1C(CNc2cccc(C(=O)c3ccccc3)c2)=CSC1=C1C=NC=C[CH-]1. The van der Waals surface area contributed by atoms with Crippen molar-refractivity contribution in [1.82, 2.24) is 4.90 Å². The first-order valence-electron chi connectivity index (χ1n) is 9.03. The summed E-state index contributed by atoms with van der Waals surface area (Å²) >= 11 is 1.70. The molecule has 0 amide bonds. The van der Waals surface area contributed by atoms with E-state index in [0.29, 0.717) is 17.7 Å². The standard InChI is InChI=1S/C23H20N3OS/c1-26-21(16-28-23(26)19-10-6-12-24-14-19)15-25-20-11-5-9-18(13-20)22(27)17-7-3-2-4-8-17/h2-14,16,25H,15H2,1H3/q-1. The molecule has 28 heavy (non-hydrogen) atoms. The van der Waals surface area contributed by atoms with Gasteiger partial charge >= 0.3 is 0 Å². The summed E-state index contributed by atoms with van der Waals surface area (Å²) in [4.78, 5) is 19.0. The molecule has 4 nitrogen and oxygen atoms in total. The first-order chi connectivity index (χ1) is 13.7. The van der Waals surface area contributed by atoms with Crippen molar-refractivity contribution in [2.24, 2.45) is 4.99 Å². The number of allylic oxidation sites excluding steroid dienone is 2. The second-order valence-electron chi connectivity index (χ2n) is 6.46. The molecule has 0 radical (unpaired) electrons. The first kappa shape index (κ1) is 18.2. The molecular formula is C23H20N3OS-. The Bertz CT molecular complexity index is 1010. The Hall–Kier alpha value is -3.18. The van der Waals surface area contributed by atoms with Gasteiger partial charge in [0.15, 0.2) is 5.78 Å². The molecule has 0 fully saturated rings. The summed E-state index contributed by atoms with van der Waals surface area (Å²) in [5.74, 6) is 0.0317. The van der Waals surface area contributed by atoms with Crippen LogP contribution in [-0.2, 0) is 0 Å². The van der Waals surface area contributed by atoms with Gasteiger partial charge in [-0.3, -0.25) is 4.79 Å². The summed E-state index contributed by atoms with van der Waals surface area (Å²) in [6, 6.07) is 17.0. The fourth-order valence-electron chi connectivity index (χ4n) is 3.04. The third-order valence-corrected chi connectivity index (χ3v) is 5.71. The van der Waals surface area contributed by atoms with Crippen LogP contribution in [0.1, 0.15) is 15.9 Å². The molecule has 2 aromatic rings. The average molecular weight is 387 g/mol. The van der Waals surface area contributed by atoms with Crippen molar-refractivity contribution in [2.75, 3.05) is 18.9 Å². The average Bonchev–Trinajstić information content (AvgIpc) is 3.13. The topological polar surface area (TPSA) is 44.7 Å². The van der Waals surface area contributed by atoms with Crippen molar-refractivity contribution in [2.45, 2.75) is 0 Å². The molecule has 2 aliphatic heterocycles. The summed E-state index contributed by atoms with van der Waals surface area (Å²) in [6.45, 7) is 0.677. The van der Waals surface area contributed by atoms with E-state index in [-0.39, 0.29) is 5.78 Å². The molecule has 2 aliphatic rings. The van der Waals surface area contributed by atoms with E-state index in [1.165, 1.54) is 5.70 Å². The van der Waals surface area contributed by atoms with Gasteiger partial charge in [0.1, 0.15) is 0 Å². The van der Waals surface area contributed by atoms with Crippen LogP contribution >= 0.6 is 11.8 Å². The molecule has 0 unspecified atom stereocenters. The number of ketones is 1. The van der Waals surface area contributed by atoms with Gasteiger partial charge in [0, 0.05) is 34.6 Å². The Morgan fingerprint density at radius 3 is 2.75 bits per heavy atom. The van der Waals surface area contributed by atoms with Crippen LogP contribution in [0.15, 0.2) is 93.6 Å². The van der Waals surface area contributed by atoms with Crippen molar-refractivity contribution in [3.63, 3.8) is 0 Å². The van der Waals surface area contributed by atoms with Gasteiger partial charge in [-0.05, 0) is 17.5 Å². The van der Waals surface area contributed by atoms with E-state index in [1.54, 1.807) is 18.0 Å². The number of carbonyl (C=O) groups is 1. The van der Waals surface area contributed by atoms with E-state index in [9.17, 15) is 4.79 Å². The molecule has 4 rings (SSSR count). The predicted octanol–water partition coefficient (Wildman–Crippen LogP) is 4.86. The first-order valence-corrected chi connectivity index (χ1v) is 9.91. The molecule has 0 atom stereocenters. The molecule has 0 spiro atoms. The number of hydrogen-bond donors (Lipinski definition) is 1. The van der Waals surface area contributed by atoms with E-state index in [2.05, 4.69) is 34.1 Å². The van der Waals surface area contributed by atoms with Crippen molar-refractivity contribution >= 4 is 29.4 Å². The monoisotopic (exact) mass is 386 g/mol. The van der Waals surface area contributed by atoms with Crippen LogP contribution < -0.4 is 5.32 Å². The molecule has 1 N–H and O–H groups in total. The molecule has 0 saturated carbocycles. The number of aliphatic imine (C=N–C) groups is 1. The Kier molecular flexibility index (Phi) is 5.35. The zero-order chi connectivity index (χ0) is 19.3. The van der Waals surface area contributed by atoms with Crippen LogP contribution in [0.25, 0.3) is 0 Å². The maximum Gasteiger partial charge on any atom is 0.193 e. The maximum atomic E-state index is 12.7. The zero-order valence-electron chi connectivity index (χ0n) is 15.5. The van der Waals surface area contributed by atoms with Gasteiger partial charge in [0.05, 0.1) is 6.54 Å². The third-order valence-electron chi connectivity index (χ3n) is 4.58. The Morgan fingerprint density at radius 2 is 1.96 bits per heavy atom. The summed E-state index contributed by atoms with van der Waals surface area (Å²) < 4.78 is 0. The van der Waals surface area contributed by atoms with E-state index < -0.39 is 0 Å². The number of nitrogens with zero attached hydrogens (tertiary/aromatic N) is 2. The number of carbonyl (C=O) groups excluding carboxylic acids is 1. The number of hydrogen-bond acceptors (Lipinski definition) is 5. The number of thioether (sulfide) groups is 1. The van der Waals surface area contributed by atoms with E-state index in [0.717, 1.165) is 16.3 Å². The zero-order valence-corrected chi connectivity index (χ0v) is 16.3. The van der Waals surface area contributed by atoms with Gasteiger partial charge in [-0.1, -0.05) is 54.9 Å². The predicted molar refractivity (Wildman–Crippen MR) is 117 cm³/mol. The molecule has 2 heterocycles. The van der Waals surface area contributed by atoms with E-state index >= 15 is 0 Å². The summed E-state index contributed by atoms with van der Waals surface area (Å²) in [6.07, 6.45) is 7.67. The minimum absolute atomic E-state index is 0.0317. The minimum Gasteiger partial charge on any atom is -0.379 e. The van der Waals surface area contributed by atoms with Crippen LogP contribution in [0.4, 0.5) is 5.69 Å². The molecular weight excluding hydrogens is 366 g/mol. The van der Waals surface area contributed by atoms with Gasteiger partial charge in [0.2, 0.25) is 0 Å². The van der Waals surface area contributed by atoms with Crippen molar-refractivity contribution in [3.8, 4) is 0 Å². The van der Waals surface area contributed by atoms with Crippen LogP contribution in [0.5, 0.6) is 0 Å². The number of rotatable bonds is 5. The Morgan fingerprint density at radius 1 is 1.14 bits per heavy atom. The maximum absolute atomic E-state index is 12.7. The largest absolute Gasteiger partial charge is 0.379 e. The molecule has 0 aromatic heterocycles. The van der Waals surface area contributed by atoms with Gasteiger partial charge in [-0.15, -0.1) is 29.8 Å². The lowest BCUT2D eigenvalue weighted by Gasteiger charge is -2.25. The molecule has 140 valence electrons. The van der Waals surface area contributed by atoms with Crippen LogP contribution in [0.3, 0.4) is 0 Å². The Labute approximate surface area is 169 Å². The molecule has 0 bridgehead atoms. The number of anilines is 1. The molecule has 0 aliphatic carbocycles. The number of benzene rings is 2. The minimum atomic E-state index is 0.0317. The highest BCUT2D eigenvalue weighted by molar-refractivity contribution is 8.06. The summed E-state index contributed by atoms with van der Waals surface area (Å²) in [5, 5.41) is 6.74. The highest BCUT2D eigenvalue weighted by Gasteiger charge is 2.16. The van der Waals surface area contributed by atoms with Crippen molar-refractivity contribution in [1.29, 1.82) is 0 Å². The lowest BCUT2D eigenvalue weighted by atomic mass is 10.0. The van der Waals surface area contributed by atoms with Gasteiger partial charge in [-0.2, -0.15) is 0 Å². The lowest BCUT2D eigenvalue weighted by molar-refractivity contribution is 0.103. The molecule has 0 saturated heterocycles. The van der Waals surface area contributed by atoms with Crippen molar-refractivity contribution < 1.29 is 4.79 Å². The highest BCUT2D eigenvalue weighted by atomic mass is 32.2. The number of nitrogens with one attached hydrogen (secondary N) is 1. The van der Waals surface area contributed by atoms with Gasteiger partial charge in [-0.25, -0.2) is 0 Å². The second-order valence-corrected chi connectivity index (χ2v) is 7.32. The third kappa shape index (κ3) is 3.89. The Balaban J connectivity index is 1.43. The second kappa shape index (κ2) is 8.23. The fraction of sp³-hybridized carbons (Fsp3) is 0.0870. The summed E-state index contributed by atoms with van der Waals surface area (Å²) in [7, 11) is 2.06. The normalized spacial score (nSPS) is 18.0. The van der Waals surface area contributed by atoms with Gasteiger partial charge < -0.3 is 15.2 Å². The number of likely N-dealkylation sites (N-methyl/N-ethyl adjacent to an activating group) is 1. The highest BCUT2D eigenvalue weighted by Crippen LogP contribution is 2.36.